The Labute approximate surface area is 102 Å². The molecule has 0 saturated carbocycles. The summed E-state index contributed by atoms with van der Waals surface area (Å²) in [7, 11) is -3.13. The molecule has 0 aromatic carbocycles. The van der Waals surface area contributed by atoms with Crippen molar-refractivity contribution in [1.29, 1.82) is 0 Å². The summed E-state index contributed by atoms with van der Waals surface area (Å²) in [5.41, 5.74) is 0.825. The van der Waals surface area contributed by atoms with E-state index in [4.69, 9.17) is 0 Å². The number of sulfonamides is 1. The van der Waals surface area contributed by atoms with Crippen LogP contribution in [-0.4, -0.2) is 49.6 Å². The van der Waals surface area contributed by atoms with Gasteiger partial charge in [0.2, 0.25) is 10.0 Å². The van der Waals surface area contributed by atoms with Crippen LogP contribution >= 0.6 is 0 Å². The van der Waals surface area contributed by atoms with Gasteiger partial charge < -0.3 is 5.32 Å². The molecular formula is C11H17N3O2S. The molecule has 0 unspecified atom stereocenters. The lowest BCUT2D eigenvalue weighted by atomic mass is 10.3. The van der Waals surface area contributed by atoms with Gasteiger partial charge in [-0.1, -0.05) is 6.07 Å². The zero-order chi connectivity index (χ0) is 12.1. The van der Waals surface area contributed by atoms with Gasteiger partial charge in [-0.25, -0.2) is 8.42 Å². The molecule has 17 heavy (non-hydrogen) atoms. The summed E-state index contributed by atoms with van der Waals surface area (Å²) in [5.74, 6) is 0.143. The van der Waals surface area contributed by atoms with Crippen LogP contribution in [0.5, 0.6) is 0 Å². The highest BCUT2D eigenvalue weighted by atomic mass is 32.2. The number of aryl methyl sites for hydroxylation is 1. The number of pyridine rings is 1. The van der Waals surface area contributed by atoms with E-state index in [9.17, 15) is 8.42 Å². The van der Waals surface area contributed by atoms with Gasteiger partial charge in [0.25, 0.3) is 0 Å². The Morgan fingerprint density at radius 2 is 2.06 bits per heavy atom. The Morgan fingerprint density at radius 3 is 2.71 bits per heavy atom. The predicted molar refractivity (Wildman–Crippen MR) is 66.2 cm³/mol. The number of hydrogen-bond acceptors (Lipinski definition) is 4. The lowest BCUT2D eigenvalue weighted by Gasteiger charge is -2.26. The standard InChI is InChI=1S/C11H17N3O2S/c15-17(16,14-8-6-12-7-9-14)10-4-11-3-1-2-5-13-11/h1-3,5,12H,4,6-10H2. The van der Waals surface area contributed by atoms with Gasteiger partial charge in [-0.3, -0.25) is 4.98 Å². The van der Waals surface area contributed by atoms with Crippen molar-refractivity contribution >= 4 is 10.0 Å². The first-order valence-electron chi connectivity index (χ1n) is 5.77. The molecule has 2 rings (SSSR count). The summed E-state index contributed by atoms with van der Waals surface area (Å²) in [6.07, 6.45) is 2.17. The molecule has 1 fully saturated rings. The second-order valence-electron chi connectivity index (χ2n) is 4.04. The molecule has 0 spiro atoms. The van der Waals surface area contributed by atoms with Gasteiger partial charge in [-0.15, -0.1) is 0 Å². The molecule has 0 aliphatic carbocycles. The fourth-order valence-corrected chi connectivity index (χ4v) is 3.30. The number of rotatable bonds is 4. The quantitative estimate of drug-likeness (QED) is 0.813. The van der Waals surface area contributed by atoms with Gasteiger partial charge in [0.15, 0.2) is 0 Å². The first-order valence-corrected chi connectivity index (χ1v) is 7.38. The molecule has 1 aromatic rings. The molecular weight excluding hydrogens is 238 g/mol. The normalized spacial score (nSPS) is 18.1. The molecule has 6 heteroatoms. The summed E-state index contributed by atoms with van der Waals surface area (Å²) in [6, 6.07) is 5.56. The van der Waals surface area contributed by atoms with Crippen molar-refractivity contribution in [2.75, 3.05) is 31.9 Å². The van der Waals surface area contributed by atoms with Gasteiger partial charge in [0.1, 0.15) is 0 Å². The zero-order valence-corrected chi connectivity index (χ0v) is 10.5. The van der Waals surface area contributed by atoms with Gasteiger partial charge >= 0.3 is 0 Å². The monoisotopic (exact) mass is 255 g/mol. The lowest BCUT2D eigenvalue weighted by molar-refractivity contribution is 0.360. The summed E-state index contributed by atoms with van der Waals surface area (Å²) < 4.78 is 25.6. The molecule has 5 nitrogen and oxygen atoms in total. The van der Waals surface area contributed by atoms with Crippen LogP contribution in [0.15, 0.2) is 24.4 Å². The van der Waals surface area contributed by atoms with E-state index >= 15 is 0 Å². The van der Waals surface area contributed by atoms with Gasteiger partial charge in [-0.05, 0) is 12.1 Å². The highest BCUT2D eigenvalue weighted by molar-refractivity contribution is 7.89. The molecule has 1 saturated heterocycles. The Morgan fingerprint density at radius 1 is 1.29 bits per heavy atom. The zero-order valence-electron chi connectivity index (χ0n) is 9.67. The topological polar surface area (TPSA) is 62.3 Å². The second kappa shape index (κ2) is 5.57. The fraction of sp³-hybridized carbons (Fsp3) is 0.545. The van der Waals surface area contributed by atoms with E-state index in [2.05, 4.69) is 10.3 Å². The van der Waals surface area contributed by atoms with Gasteiger partial charge in [-0.2, -0.15) is 4.31 Å². The first kappa shape index (κ1) is 12.5. The molecule has 1 aliphatic rings. The molecule has 0 radical (unpaired) electrons. The third kappa shape index (κ3) is 3.49. The minimum Gasteiger partial charge on any atom is -0.314 e. The predicted octanol–water partition coefficient (Wildman–Crippen LogP) is -0.141. The van der Waals surface area contributed by atoms with Crippen LogP contribution in [0.1, 0.15) is 5.69 Å². The average molecular weight is 255 g/mol. The minimum atomic E-state index is -3.13. The summed E-state index contributed by atoms with van der Waals surface area (Å²) in [5, 5.41) is 3.14. The number of nitrogens with one attached hydrogen (secondary N) is 1. The van der Waals surface area contributed by atoms with E-state index in [1.807, 2.05) is 18.2 Å². The van der Waals surface area contributed by atoms with E-state index in [1.165, 1.54) is 0 Å². The van der Waals surface area contributed by atoms with Crippen LogP contribution in [-0.2, 0) is 16.4 Å². The molecule has 1 aromatic heterocycles. The number of piperazine rings is 1. The largest absolute Gasteiger partial charge is 0.314 e. The maximum absolute atomic E-state index is 12.0. The van der Waals surface area contributed by atoms with Crippen molar-refractivity contribution in [3.63, 3.8) is 0 Å². The van der Waals surface area contributed by atoms with Crippen molar-refractivity contribution < 1.29 is 8.42 Å². The van der Waals surface area contributed by atoms with Crippen LogP contribution < -0.4 is 5.32 Å². The maximum atomic E-state index is 12.0. The van der Waals surface area contributed by atoms with Crippen molar-refractivity contribution in [2.45, 2.75) is 6.42 Å². The number of nitrogens with zero attached hydrogens (tertiary/aromatic N) is 2. The Hall–Kier alpha value is -0.980. The van der Waals surface area contributed by atoms with Crippen LogP contribution in [0.4, 0.5) is 0 Å². The Kier molecular flexibility index (Phi) is 4.09. The molecule has 0 amide bonds. The van der Waals surface area contributed by atoms with Crippen LogP contribution in [0, 0.1) is 0 Å². The van der Waals surface area contributed by atoms with Crippen LogP contribution in [0.25, 0.3) is 0 Å². The molecule has 1 aliphatic heterocycles. The number of aromatic nitrogens is 1. The van der Waals surface area contributed by atoms with Crippen molar-refractivity contribution in [2.24, 2.45) is 0 Å². The van der Waals surface area contributed by atoms with E-state index in [1.54, 1.807) is 10.5 Å². The molecule has 94 valence electrons. The highest BCUT2D eigenvalue weighted by Crippen LogP contribution is 2.06. The Balaban J connectivity index is 1.93. The average Bonchev–Trinajstić information content (AvgIpc) is 2.39. The molecule has 0 atom stereocenters. The second-order valence-corrected chi connectivity index (χ2v) is 6.12. The van der Waals surface area contributed by atoms with Gasteiger partial charge in [0.05, 0.1) is 5.75 Å². The van der Waals surface area contributed by atoms with E-state index in [-0.39, 0.29) is 5.75 Å². The summed E-state index contributed by atoms with van der Waals surface area (Å²) >= 11 is 0. The van der Waals surface area contributed by atoms with Crippen molar-refractivity contribution in [1.82, 2.24) is 14.6 Å². The first-order chi connectivity index (χ1) is 8.18. The molecule has 2 heterocycles. The highest BCUT2D eigenvalue weighted by Gasteiger charge is 2.23. The van der Waals surface area contributed by atoms with Crippen LogP contribution in [0.3, 0.4) is 0 Å². The summed E-state index contributed by atoms with van der Waals surface area (Å²) in [6.45, 7) is 2.63. The maximum Gasteiger partial charge on any atom is 0.214 e. The van der Waals surface area contributed by atoms with E-state index in [0.29, 0.717) is 19.5 Å². The van der Waals surface area contributed by atoms with Crippen LogP contribution in [0.2, 0.25) is 0 Å². The third-order valence-corrected chi connectivity index (χ3v) is 4.68. The molecule has 0 bridgehead atoms. The van der Waals surface area contributed by atoms with E-state index < -0.39 is 10.0 Å². The smallest absolute Gasteiger partial charge is 0.214 e. The minimum absolute atomic E-state index is 0.143. The third-order valence-electron chi connectivity index (χ3n) is 2.81. The van der Waals surface area contributed by atoms with Gasteiger partial charge in [0, 0.05) is 44.5 Å². The summed E-state index contributed by atoms with van der Waals surface area (Å²) in [4.78, 5) is 4.13. The van der Waals surface area contributed by atoms with E-state index in [0.717, 1.165) is 18.8 Å². The van der Waals surface area contributed by atoms with Crippen molar-refractivity contribution in [3.8, 4) is 0 Å². The molecule has 1 N–H and O–H groups in total. The lowest BCUT2D eigenvalue weighted by Crippen LogP contribution is -2.47. The number of hydrogen-bond donors (Lipinski definition) is 1. The SMILES string of the molecule is O=S(=O)(CCc1ccccn1)N1CCNCC1. The van der Waals surface area contributed by atoms with Crippen molar-refractivity contribution in [3.05, 3.63) is 30.1 Å². The fourth-order valence-electron chi connectivity index (χ4n) is 1.83. The Bertz CT molecular complexity index is 441.